The lowest BCUT2D eigenvalue weighted by Crippen LogP contribution is -2.39. The Morgan fingerprint density at radius 1 is 1.30 bits per heavy atom. The first-order valence-corrected chi connectivity index (χ1v) is 7.16. The van der Waals surface area contributed by atoms with Crippen LogP contribution in [0.1, 0.15) is 29.4 Å². The minimum Gasteiger partial charge on any atom is -0.335 e. The largest absolute Gasteiger partial charge is 0.335 e. The van der Waals surface area contributed by atoms with Crippen LogP contribution in [-0.2, 0) is 19.4 Å². The summed E-state index contributed by atoms with van der Waals surface area (Å²) in [5.74, 6) is 6.81. The first kappa shape index (κ1) is 14.8. The number of rotatable bonds is 6. The van der Waals surface area contributed by atoms with Gasteiger partial charge >= 0.3 is 0 Å². The summed E-state index contributed by atoms with van der Waals surface area (Å²) >= 11 is 0. The lowest BCUT2D eigenvalue weighted by molar-refractivity contribution is 0.498. The molecule has 0 bridgehead atoms. The van der Waals surface area contributed by atoms with Crippen LogP contribution in [0.3, 0.4) is 0 Å². The third kappa shape index (κ3) is 3.46. The number of hydrogen-bond donors (Lipinski definition) is 2. The van der Waals surface area contributed by atoms with Crippen LogP contribution in [0.25, 0.3) is 0 Å². The van der Waals surface area contributed by atoms with E-state index in [4.69, 9.17) is 5.84 Å². The Morgan fingerprint density at radius 3 is 2.80 bits per heavy atom. The highest BCUT2D eigenvalue weighted by atomic mass is 15.2. The summed E-state index contributed by atoms with van der Waals surface area (Å²) in [4.78, 5) is 4.42. The van der Waals surface area contributed by atoms with E-state index in [0.717, 1.165) is 25.2 Å². The molecule has 0 saturated heterocycles. The number of benzene rings is 1. The van der Waals surface area contributed by atoms with Gasteiger partial charge in [0.25, 0.3) is 0 Å². The molecule has 1 atom stereocenters. The van der Waals surface area contributed by atoms with E-state index >= 15 is 0 Å². The number of hydrazine groups is 1. The highest BCUT2D eigenvalue weighted by Gasteiger charge is 2.13. The van der Waals surface area contributed by atoms with Crippen LogP contribution >= 0.6 is 0 Å². The minimum atomic E-state index is 0.197. The van der Waals surface area contributed by atoms with Gasteiger partial charge in [0, 0.05) is 31.4 Å². The number of aromatic nitrogens is 2. The van der Waals surface area contributed by atoms with Crippen LogP contribution in [0.4, 0.5) is 0 Å². The molecule has 0 aliphatic rings. The molecule has 4 heteroatoms. The minimum absolute atomic E-state index is 0.197. The van der Waals surface area contributed by atoms with Gasteiger partial charge < -0.3 is 4.57 Å². The van der Waals surface area contributed by atoms with E-state index in [9.17, 15) is 0 Å². The molecule has 0 aliphatic carbocycles. The predicted octanol–water partition coefficient (Wildman–Crippen LogP) is 2.14. The van der Waals surface area contributed by atoms with Gasteiger partial charge in [-0.2, -0.15) is 0 Å². The van der Waals surface area contributed by atoms with Gasteiger partial charge in [0.15, 0.2) is 0 Å². The summed E-state index contributed by atoms with van der Waals surface area (Å²) in [5.41, 5.74) is 6.89. The third-order valence-corrected chi connectivity index (χ3v) is 3.78. The summed E-state index contributed by atoms with van der Waals surface area (Å²) in [6.07, 6.45) is 5.62. The fourth-order valence-electron chi connectivity index (χ4n) is 2.51. The van der Waals surface area contributed by atoms with Crippen molar-refractivity contribution in [3.8, 4) is 0 Å². The average Bonchev–Trinajstić information content (AvgIpc) is 2.89. The second-order valence-corrected chi connectivity index (χ2v) is 5.33. The summed E-state index contributed by atoms with van der Waals surface area (Å²) in [6.45, 7) is 7.34. The molecular formula is C16H24N4. The van der Waals surface area contributed by atoms with Gasteiger partial charge in [-0.05, 0) is 38.3 Å². The Morgan fingerprint density at radius 2 is 2.10 bits per heavy atom. The molecule has 0 spiro atoms. The van der Waals surface area contributed by atoms with Crippen molar-refractivity contribution >= 4 is 0 Å². The molecule has 2 aromatic rings. The van der Waals surface area contributed by atoms with Gasteiger partial charge in [-0.3, -0.25) is 11.3 Å². The van der Waals surface area contributed by atoms with Crippen LogP contribution in [0.15, 0.2) is 30.6 Å². The molecule has 2 rings (SSSR count). The molecule has 0 radical (unpaired) electrons. The number of nitrogens with one attached hydrogen (secondary N) is 1. The van der Waals surface area contributed by atoms with Crippen molar-refractivity contribution in [1.82, 2.24) is 15.0 Å². The maximum absolute atomic E-state index is 5.73. The number of aryl methyl sites for hydroxylation is 3. The summed E-state index contributed by atoms with van der Waals surface area (Å²) in [7, 11) is 0. The predicted molar refractivity (Wildman–Crippen MR) is 82.3 cm³/mol. The standard InChI is InChI=1S/C16H24N4/c1-4-20-8-7-18-16(20)11-15(19-17)10-14-9-12(2)5-6-13(14)3/h5-9,15,19H,4,10-11,17H2,1-3H3. The van der Waals surface area contributed by atoms with E-state index in [0.29, 0.717) is 0 Å². The van der Waals surface area contributed by atoms with Crippen molar-refractivity contribution in [3.05, 3.63) is 53.1 Å². The number of nitrogens with two attached hydrogens (primary N) is 1. The van der Waals surface area contributed by atoms with Gasteiger partial charge in [-0.15, -0.1) is 0 Å². The molecule has 0 fully saturated rings. The van der Waals surface area contributed by atoms with E-state index in [-0.39, 0.29) is 6.04 Å². The van der Waals surface area contributed by atoms with Crippen LogP contribution in [0.2, 0.25) is 0 Å². The second-order valence-electron chi connectivity index (χ2n) is 5.33. The molecular weight excluding hydrogens is 248 g/mol. The molecule has 0 aliphatic heterocycles. The van der Waals surface area contributed by atoms with Crippen molar-refractivity contribution < 1.29 is 0 Å². The SMILES string of the molecule is CCn1ccnc1CC(Cc1cc(C)ccc1C)NN. The lowest BCUT2D eigenvalue weighted by Gasteiger charge is -2.18. The Labute approximate surface area is 121 Å². The Hall–Kier alpha value is -1.65. The fourth-order valence-corrected chi connectivity index (χ4v) is 2.51. The molecule has 20 heavy (non-hydrogen) atoms. The third-order valence-electron chi connectivity index (χ3n) is 3.78. The van der Waals surface area contributed by atoms with E-state index in [2.05, 4.69) is 53.9 Å². The van der Waals surface area contributed by atoms with Crippen molar-refractivity contribution in [2.45, 2.75) is 46.2 Å². The normalized spacial score (nSPS) is 12.6. The summed E-state index contributed by atoms with van der Waals surface area (Å²) < 4.78 is 2.16. The number of hydrogen-bond acceptors (Lipinski definition) is 3. The lowest BCUT2D eigenvalue weighted by atomic mass is 9.97. The Bertz CT molecular complexity index is 559. The first-order chi connectivity index (χ1) is 9.63. The van der Waals surface area contributed by atoms with Gasteiger partial charge in [-0.25, -0.2) is 4.98 Å². The highest BCUT2D eigenvalue weighted by molar-refractivity contribution is 5.31. The zero-order valence-electron chi connectivity index (χ0n) is 12.6. The molecule has 108 valence electrons. The van der Waals surface area contributed by atoms with Crippen molar-refractivity contribution in [2.75, 3.05) is 0 Å². The van der Waals surface area contributed by atoms with Crippen molar-refractivity contribution in [1.29, 1.82) is 0 Å². The number of imidazole rings is 1. The second kappa shape index (κ2) is 6.68. The Kier molecular flexibility index (Phi) is 4.93. The van der Waals surface area contributed by atoms with Crippen molar-refractivity contribution in [3.63, 3.8) is 0 Å². The molecule has 1 aromatic heterocycles. The van der Waals surface area contributed by atoms with E-state index in [1.807, 2.05) is 12.4 Å². The molecule has 1 unspecified atom stereocenters. The molecule has 3 N–H and O–H groups in total. The smallest absolute Gasteiger partial charge is 0.110 e. The summed E-state index contributed by atoms with van der Waals surface area (Å²) in [5, 5.41) is 0. The monoisotopic (exact) mass is 272 g/mol. The van der Waals surface area contributed by atoms with Gasteiger partial charge in [0.05, 0.1) is 0 Å². The number of nitrogens with zero attached hydrogens (tertiary/aromatic N) is 2. The quantitative estimate of drug-likeness (QED) is 0.626. The zero-order valence-corrected chi connectivity index (χ0v) is 12.6. The van der Waals surface area contributed by atoms with Crippen LogP contribution in [0.5, 0.6) is 0 Å². The molecule has 4 nitrogen and oxygen atoms in total. The molecule has 1 heterocycles. The molecule has 0 amide bonds. The van der Waals surface area contributed by atoms with E-state index < -0.39 is 0 Å². The first-order valence-electron chi connectivity index (χ1n) is 7.16. The van der Waals surface area contributed by atoms with Crippen LogP contribution in [-0.4, -0.2) is 15.6 Å². The van der Waals surface area contributed by atoms with Crippen molar-refractivity contribution in [2.24, 2.45) is 5.84 Å². The van der Waals surface area contributed by atoms with E-state index in [1.165, 1.54) is 16.7 Å². The average molecular weight is 272 g/mol. The molecule has 1 aromatic carbocycles. The van der Waals surface area contributed by atoms with Crippen LogP contribution in [0, 0.1) is 13.8 Å². The molecule has 0 saturated carbocycles. The van der Waals surface area contributed by atoms with Gasteiger partial charge in [-0.1, -0.05) is 23.8 Å². The topological polar surface area (TPSA) is 55.9 Å². The highest BCUT2D eigenvalue weighted by Crippen LogP contribution is 2.14. The Balaban J connectivity index is 2.11. The van der Waals surface area contributed by atoms with Gasteiger partial charge in [0.2, 0.25) is 0 Å². The fraction of sp³-hybridized carbons (Fsp3) is 0.438. The maximum Gasteiger partial charge on any atom is 0.110 e. The maximum atomic E-state index is 5.73. The van der Waals surface area contributed by atoms with Gasteiger partial charge in [0.1, 0.15) is 5.82 Å². The van der Waals surface area contributed by atoms with Crippen LogP contribution < -0.4 is 11.3 Å². The zero-order chi connectivity index (χ0) is 14.5. The summed E-state index contributed by atoms with van der Waals surface area (Å²) in [6, 6.07) is 6.76. The van der Waals surface area contributed by atoms with E-state index in [1.54, 1.807) is 0 Å².